The van der Waals surface area contributed by atoms with Crippen LogP contribution in [0.5, 0.6) is 0 Å². The van der Waals surface area contributed by atoms with Crippen LogP contribution in [0.1, 0.15) is 28.3 Å². The van der Waals surface area contributed by atoms with E-state index < -0.39 is 0 Å². The summed E-state index contributed by atoms with van der Waals surface area (Å²) in [5.74, 6) is 0. The predicted molar refractivity (Wildman–Crippen MR) is 86.0 cm³/mol. The third kappa shape index (κ3) is 3.19. The number of hydrogen-bond donors (Lipinski definition) is 1. The van der Waals surface area contributed by atoms with Crippen LogP contribution in [0.25, 0.3) is 0 Å². The van der Waals surface area contributed by atoms with Crippen molar-refractivity contribution in [2.45, 2.75) is 19.9 Å². The van der Waals surface area contributed by atoms with Gasteiger partial charge >= 0.3 is 0 Å². The quantitative estimate of drug-likeness (QED) is 0.828. The van der Waals surface area contributed by atoms with E-state index in [1.165, 1.54) is 16.7 Å². The molecule has 0 aromatic heterocycles. The van der Waals surface area contributed by atoms with Crippen molar-refractivity contribution in [2.75, 3.05) is 7.05 Å². The zero-order valence-corrected chi connectivity index (χ0v) is 13.6. The number of nitrogens with one attached hydrogen (secondary N) is 1. The molecule has 0 spiro atoms. The summed E-state index contributed by atoms with van der Waals surface area (Å²) >= 11 is 9.77. The fraction of sp³-hybridized carbons (Fsp3) is 0.250. The molecule has 0 fully saturated rings. The van der Waals surface area contributed by atoms with Crippen LogP contribution in [0.4, 0.5) is 0 Å². The lowest BCUT2D eigenvalue weighted by atomic mass is 9.94. The van der Waals surface area contributed by atoms with Crippen molar-refractivity contribution in [1.29, 1.82) is 0 Å². The first kappa shape index (κ1) is 14.6. The van der Waals surface area contributed by atoms with E-state index >= 15 is 0 Å². The highest BCUT2D eigenvalue weighted by atomic mass is 79.9. The van der Waals surface area contributed by atoms with Gasteiger partial charge in [-0.15, -0.1) is 0 Å². The normalized spacial score (nSPS) is 12.5. The van der Waals surface area contributed by atoms with Gasteiger partial charge < -0.3 is 5.32 Å². The third-order valence-electron chi connectivity index (χ3n) is 3.37. The Bertz CT molecular complexity index is 595. The maximum absolute atomic E-state index is 6.24. The molecule has 1 atom stereocenters. The highest BCUT2D eigenvalue weighted by Crippen LogP contribution is 2.29. The number of benzene rings is 2. The van der Waals surface area contributed by atoms with E-state index in [0.717, 1.165) is 15.1 Å². The van der Waals surface area contributed by atoms with E-state index in [9.17, 15) is 0 Å². The monoisotopic (exact) mass is 337 g/mol. The standard InChI is InChI=1S/C16H17BrClN/c1-10-5-7-13(17)9-14(10)16(19-3)12-6-4-11(2)15(18)8-12/h4-9,16,19H,1-3H3. The summed E-state index contributed by atoms with van der Waals surface area (Å²) in [6.45, 7) is 4.15. The molecule has 2 aromatic rings. The Labute approximate surface area is 128 Å². The molecule has 1 nitrogen and oxygen atoms in total. The SMILES string of the molecule is CNC(c1ccc(C)c(Cl)c1)c1cc(Br)ccc1C. The van der Waals surface area contributed by atoms with Gasteiger partial charge in [-0.2, -0.15) is 0 Å². The molecule has 0 aliphatic carbocycles. The number of rotatable bonds is 3. The van der Waals surface area contributed by atoms with Crippen LogP contribution in [0.15, 0.2) is 40.9 Å². The van der Waals surface area contributed by atoms with Crippen LogP contribution in [-0.4, -0.2) is 7.05 Å². The maximum atomic E-state index is 6.24. The minimum Gasteiger partial charge on any atom is -0.309 e. The van der Waals surface area contributed by atoms with Crippen LogP contribution < -0.4 is 5.32 Å². The zero-order chi connectivity index (χ0) is 14.0. The molecule has 0 bridgehead atoms. The van der Waals surface area contributed by atoms with Crippen molar-refractivity contribution in [3.63, 3.8) is 0 Å². The summed E-state index contributed by atoms with van der Waals surface area (Å²) in [6.07, 6.45) is 0. The van der Waals surface area contributed by atoms with Gasteiger partial charge in [0.1, 0.15) is 0 Å². The van der Waals surface area contributed by atoms with Gasteiger partial charge in [0.25, 0.3) is 0 Å². The number of aryl methyl sites for hydroxylation is 2. The molecule has 0 aliphatic heterocycles. The molecule has 0 saturated heterocycles. The molecule has 0 radical (unpaired) electrons. The summed E-state index contributed by atoms with van der Waals surface area (Å²) in [4.78, 5) is 0. The molecule has 1 unspecified atom stereocenters. The second-order valence-corrected chi connectivity index (χ2v) is 6.05. The van der Waals surface area contributed by atoms with Crippen LogP contribution in [0.3, 0.4) is 0 Å². The maximum Gasteiger partial charge on any atom is 0.0577 e. The fourth-order valence-electron chi connectivity index (χ4n) is 2.21. The number of hydrogen-bond acceptors (Lipinski definition) is 1. The zero-order valence-electron chi connectivity index (χ0n) is 11.3. The van der Waals surface area contributed by atoms with Gasteiger partial charge in [-0.3, -0.25) is 0 Å². The largest absolute Gasteiger partial charge is 0.309 e. The Morgan fingerprint density at radius 1 is 1.05 bits per heavy atom. The van der Waals surface area contributed by atoms with E-state index in [4.69, 9.17) is 11.6 Å². The average Bonchev–Trinajstić information content (AvgIpc) is 2.38. The first-order valence-electron chi connectivity index (χ1n) is 6.22. The Hall–Kier alpha value is -0.830. The van der Waals surface area contributed by atoms with Crippen LogP contribution in [0, 0.1) is 13.8 Å². The van der Waals surface area contributed by atoms with Crippen LogP contribution in [0.2, 0.25) is 5.02 Å². The van der Waals surface area contributed by atoms with Crippen molar-refractivity contribution < 1.29 is 0 Å². The van der Waals surface area contributed by atoms with Gasteiger partial charge in [0.15, 0.2) is 0 Å². The first-order valence-corrected chi connectivity index (χ1v) is 7.39. The Balaban J connectivity index is 2.49. The molecule has 2 aromatic carbocycles. The molecule has 3 heteroatoms. The first-order chi connectivity index (χ1) is 9.02. The summed E-state index contributed by atoms with van der Waals surface area (Å²) in [5, 5.41) is 4.18. The second-order valence-electron chi connectivity index (χ2n) is 4.73. The molecule has 100 valence electrons. The molecular weight excluding hydrogens is 322 g/mol. The minimum absolute atomic E-state index is 0.149. The Kier molecular flexibility index (Phi) is 4.67. The van der Waals surface area contributed by atoms with Crippen molar-refractivity contribution in [2.24, 2.45) is 0 Å². The van der Waals surface area contributed by atoms with E-state index in [1.807, 2.05) is 20.0 Å². The van der Waals surface area contributed by atoms with E-state index in [-0.39, 0.29) is 6.04 Å². The average molecular weight is 339 g/mol. The Morgan fingerprint density at radius 3 is 2.37 bits per heavy atom. The van der Waals surface area contributed by atoms with Gasteiger partial charge in [0, 0.05) is 9.50 Å². The lowest BCUT2D eigenvalue weighted by molar-refractivity contribution is 0.687. The van der Waals surface area contributed by atoms with Crippen molar-refractivity contribution in [3.05, 3.63) is 68.1 Å². The lowest BCUT2D eigenvalue weighted by Gasteiger charge is -2.20. The van der Waals surface area contributed by atoms with Crippen molar-refractivity contribution >= 4 is 27.5 Å². The molecule has 2 rings (SSSR count). The van der Waals surface area contributed by atoms with E-state index in [0.29, 0.717) is 0 Å². The van der Waals surface area contributed by atoms with Gasteiger partial charge in [-0.1, -0.05) is 45.7 Å². The summed E-state index contributed by atoms with van der Waals surface area (Å²) in [7, 11) is 1.97. The smallest absolute Gasteiger partial charge is 0.0577 e. The van der Waals surface area contributed by atoms with E-state index in [1.54, 1.807) is 0 Å². The molecular formula is C16H17BrClN. The summed E-state index contributed by atoms with van der Waals surface area (Å²) < 4.78 is 1.09. The molecule has 0 aliphatic rings. The van der Waals surface area contributed by atoms with Gasteiger partial charge in [-0.05, 0) is 61.3 Å². The molecule has 0 saturated carbocycles. The number of halogens is 2. The van der Waals surface area contributed by atoms with Crippen LogP contribution in [-0.2, 0) is 0 Å². The molecule has 0 amide bonds. The van der Waals surface area contributed by atoms with Crippen molar-refractivity contribution in [3.8, 4) is 0 Å². The van der Waals surface area contributed by atoms with Gasteiger partial charge in [-0.25, -0.2) is 0 Å². The molecule has 1 N–H and O–H groups in total. The minimum atomic E-state index is 0.149. The molecule has 19 heavy (non-hydrogen) atoms. The predicted octanol–water partition coefficient (Wildman–Crippen LogP) is 5.03. The topological polar surface area (TPSA) is 12.0 Å². The lowest BCUT2D eigenvalue weighted by Crippen LogP contribution is -2.18. The van der Waals surface area contributed by atoms with Gasteiger partial charge in [0.2, 0.25) is 0 Å². The Morgan fingerprint density at radius 2 is 1.74 bits per heavy atom. The molecule has 0 heterocycles. The van der Waals surface area contributed by atoms with Gasteiger partial charge in [0.05, 0.1) is 6.04 Å². The third-order valence-corrected chi connectivity index (χ3v) is 4.27. The van der Waals surface area contributed by atoms with Crippen LogP contribution >= 0.6 is 27.5 Å². The highest BCUT2D eigenvalue weighted by molar-refractivity contribution is 9.10. The fourth-order valence-corrected chi connectivity index (χ4v) is 2.78. The summed E-state index contributed by atoms with van der Waals surface area (Å²) in [6, 6.07) is 12.7. The highest BCUT2D eigenvalue weighted by Gasteiger charge is 2.15. The second kappa shape index (κ2) is 6.08. The van der Waals surface area contributed by atoms with E-state index in [2.05, 4.69) is 58.5 Å². The van der Waals surface area contributed by atoms with Crippen molar-refractivity contribution in [1.82, 2.24) is 5.32 Å². The summed E-state index contributed by atoms with van der Waals surface area (Å²) in [5.41, 5.74) is 4.81.